The Kier molecular flexibility index (Phi) is 3.68. The summed E-state index contributed by atoms with van der Waals surface area (Å²) < 4.78 is 19.1. The van der Waals surface area contributed by atoms with Crippen molar-refractivity contribution >= 4 is 11.6 Å². The van der Waals surface area contributed by atoms with Crippen molar-refractivity contribution in [3.63, 3.8) is 0 Å². The maximum absolute atomic E-state index is 13.8. The third-order valence-corrected chi connectivity index (χ3v) is 2.84. The summed E-state index contributed by atoms with van der Waals surface area (Å²) in [5.74, 6) is -0.642. The average Bonchev–Trinajstić information content (AvgIpc) is 2.34. The normalized spacial score (nSPS) is 10.1. The van der Waals surface area contributed by atoms with E-state index in [2.05, 4.69) is 4.98 Å². The molecule has 0 N–H and O–H groups in total. The molecule has 19 heavy (non-hydrogen) atoms. The van der Waals surface area contributed by atoms with E-state index in [4.69, 9.17) is 21.6 Å². The fourth-order valence-corrected chi connectivity index (χ4v) is 1.85. The molecule has 0 amide bonds. The first-order valence-corrected chi connectivity index (χ1v) is 5.91. The van der Waals surface area contributed by atoms with E-state index < -0.39 is 5.82 Å². The fourth-order valence-electron chi connectivity index (χ4n) is 1.68. The minimum Gasteiger partial charge on any atom is -0.435 e. The van der Waals surface area contributed by atoms with Gasteiger partial charge in [-0.3, -0.25) is 0 Å². The summed E-state index contributed by atoms with van der Waals surface area (Å²) in [6.07, 6.45) is 0. The van der Waals surface area contributed by atoms with Crippen LogP contribution in [0.2, 0.25) is 5.02 Å². The minimum atomic E-state index is -0.672. The van der Waals surface area contributed by atoms with Crippen LogP contribution < -0.4 is 4.74 Å². The van der Waals surface area contributed by atoms with Crippen LogP contribution in [0.3, 0.4) is 0 Å². The van der Waals surface area contributed by atoms with Gasteiger partial charge >= 0.3 is 0 Å². The van der Waals surface area contributed by atoms with E-state index >= 15 is 0 Å². The van der Waals surface area contributed by atoms with Crippen LogP contribution in [0.25, 0.3) is 0 Å². The van der Waals surface area contributed by atoms with Gasteiger partial charge in [-0.15, -0.1) is 0 Å². The first-order chi connectivity index (χ1) is 9.02. The largest absolute Gasteiger partial charge is 0.435 e. The molecule has 0 spiro atoms. The van der Waals surface area contributed by atoms with Crippen molar-refractivity contribution in [2.45, 2.75) is 13.8 Å². The van der Waals surface area contributed by atoms with Crippen LogP contribution in [0.15, 0.2) is 24.3 Å². The van der Waals surface area contributed by atoms with Crippen molar-refractivity contribution in [2.75, 3.05) is 0 Å². The zero-order valence-electron chi connectivity index (χ0n) is 10.4. The summed E-state index contributed by atoms with van der Waals surface area (Å²) in [5, 5.41) is 9.06. The molecule has 0 fully saturated rings. The fraction of sp³-hybridized carbons (Fsp3) is 0.143. The zero-order chi connectivity index (χ0) is 14.0. The number of aromatic nitrogens is 1. The highest BCUT2D eigenvalue weighted by Gasteiger charge is 2.14. The molecule has 2 aromatic rings. The van der Waals surface area contributed by atoms with E-state index in [1.54, 1.807) is 26.0 Å². The smallest absolute Gasteiger partial charge is 0.237 e. The Morgan fingerprint density at radius 3 is 2.79 bits per heavy atom. The van der Waals surface area contributed by atoms with Crippen molar-refractivity contribution in [1.29, 1.82) is 5.26 Å². The third-order valence-electron chi connectivity index (χ3n) is 2.55. The van der Waals surface area contributed by atoms with Crippen molar-refractivity contribution in [3.8, 4) is 17.7 Å². The molecule has 5 heteroatoms. The van der Waals surface area contributed by atoms with Gasteiger partial charge < -0.3 is 4.74 Å². The van der Waals surface area contributed by atoms with E-state index in [0.29, 0.717) is 5.69 Å². The number of hydrogen-bond acceptors (Lipinski definition) is 3. The van der Waals surface area contributed by atoms with Crippen LogP contribution >= 0.6 is 11.6 Å². The Bertz CT molecular complexity index is 680. The Morgan fingerprint density at radius 1 is 1.37 bits per heavy atom. The van der Waals surface area contributed by atoms with Crippen molar-refractivity contribution in [3.05, 3.63) is 51.9 Å². The lowest BCUT2D eigenvalue weighted by molar-refractivity contribution is 0.425. The minimum absolute atomic E-state index is 0.0413. The summed E-state index contributed by atoms with van der Waals surface area (Å²) in [6.45, 7) is 3.55. The van der Waals surface area contributed by atoms with E-state index in [9.17, 15) is 4.39 Å². The number of aryl methyl sites for hydroxylation is 2. The van der Waals surface area contributed by atoms with Gasteiger partial charge in [-0.1, -0.05) is 17.7 Å². The van der Waals surface area contributed by atoms with Crippen LogP contribution in [0.4, 0.5) is 4.39 Å². The van der Waals surface area contributed by atoms with Crippen LogP contribution in [-0.4, -0.2) is 4.98 Å². The second kappa shape index (κ2) is 5.25. The van der Waals surface area contributed by atoms with Gasteiger partial charge in [0.25, 0.3) is 0 Å². The van der Waals surface area contributed by atoms with Gasteiger partial charge in [-0.05, 0) is 37.6 Å². The molecule has 0 aliphatic rings. The summed E-state index contributed by atoms with van der Waals surface area (Å²) >= 11 is 5.68. The van der Waals surface area contributed by atoms with E-state index in [1.165, 1.54) is 12.1 Å². The van der Waals surface area contributed by atoms with E-state index in [0.717, 1.165) is 5.56 Å². The number of nitrogens with zero attached hydrogens (tertiary/aromatic N) is 2. The highest BCUT2D eigenvalue weighted by molar-refractivity contribution is 6.30. The van der Waals surface area contributed by atoms with Gasteiger partial charge in [0, 0.05) is 5.69 Å². The molecule has 0 aliphatic heterocycles. The lowest BCUT2D eigenvalue weighted by Gasteiger charge is -2.10. The van der Waals surface area contributed by atoms with Gasteiger partial charge in [-0.25, -0.2) is 9.37 Å². The quantitative estimate of drug-likeness (QED) is 0.827. The Labute approximate surface area is 115 Å². The standard InChI is InChI=1S/C14H10ClFN2O/c1-8-6-9(2)18-14(10(8)7-17)19-12-5-3-4-11(15)13(12)16/h3-6H,1-2H3. The molecule has 0 aliphatic carbocycles. The van der Waals surface area contributed by atoms with Gasteiger partial charge in [0.2, 0.25) is 5.88 Å². The predicted molar refractivity (Wildman–Crippen MR) is 69.9 cm³/mol. The molecule has 1 aromatic heterocycles. The van der Waals surface area contributed by atoms with Crippen molar-refractivity contribution < 1.29 is 9.13 Å². The number of ether oxygens (including phenoxy) is 1. The number of halogens is 2. The molecular formula is C14H10ClFN2O. The van der Waals surface area contributed by atoms with Gasteiger partial charge in [0.15, 0.2) is 11.6 Å². The molecule has 0 bridgehead atoms. The maximum atomic E-state index is 13.8. The molecule has 0 atom stereocenters. The summed E-state index contributed by atoms with van der Waals surface area (Å²) in [4.78, 5) is 4.12. The molecule has 2 rings (SSSR count). The molecule has 3 nitrogen and oxygen atoms in total. The molecule has 1 aromatic carbocycles. The molecule has 0 unspecified atom stereocenters. The first kappa shape index (κ1) is 13.3. The topological polar surface area (TPSA) is 45.9 Å². The van der Waals surface area contributed by atoms with Crippen LogP contribution in [0.1, 0.15) is 16.8 Å². The summed E-state index contributed by atoms with van der Waals surface area (Å²) in [7, 11) is 0. The lowest BCUT2D eigenvalue weighted by Crippen LogP contribution is -1.98. The molecule has 0 saturated carbocycles. The van der Waals surface area contributed by atoms with Gasteiger partial charge in [0.1, 0.15) is 11.6 Å². The molecule has 96 valence electrons. The SMILES string of the molecule is Cc1cc(C)c(C#N)c(Oc2cccc(Cl)c2F)n1. The molecule has 0 radical (unpaired) electrons. The monoisotopic (exact) mass is 276 g/mol. The van der Waals surface area contributed by atoms with Crippen LogP contribution in [-0.2, 0) is 0 Å². The van der Waals surface area contributed by atoms with Crippen LogP contribution in [0, 0.1) is 31.0 Å². The van der Waals surface area contributed by atoms with Crippen LogP contribution in [0.5, 0.6) is 11.6 Å². The maximum Gasteiger partial charge on any atom is 0.237 e. The number of benzene rings is 1. The number of hydrogen-bond donors (Lipinski definition) is 0. The summed E-state index contributed by atoms with van der Waals surface area (Å²) in [5.41, 5.74) is 1.70. The van der Waals surface area contributed by atoms with Crippen molar-refractivity contribution in [2.24, 2.45) is 0 Å². The number of pyridine rings is 1. The molecule has 0 saturated heterocycles. The van der Waals surface area contributed by atoms with E-state index in [1.807, 2.05) is 6.07 Å². The Balaban J connectivity index is 2.50. The Morgan fingerprint density at radius 2 is 2.11 bits per heavy atom. The average molecular weight is 277 g/mol. The number of nitriles is 1. The zero-order valence-corrected chi connectivity index (χ0v) is 11.1. The lowest BCUT2D eigenvalue weighted by atomic mass is 10.1. The second-order valence-corrected chi connectivity index (χ2v) is 4.43. The molecule has 1 heterocycles. The summed E-state index contributed by atoms with van der Waals surface area (Å²) in [6, 6.07) is 8.18. The highest BCUT2D eigenvalue weighted by atomic mass is 35.5. The van der Waals surface area contributed by atoms with E-state index in [-0.39, 0.29) is 22.2 Å². The Hall–Kier alpha value is -2.12. The molecular weight excluding hydrogens is 267 g/mol. The highest BCUT2D eigenvalue weighted by Crippen LogP contribution is 2.30. The third kappa shape index (κ3) is 2.67. The number of rotatable bonds is 2. The van der Waals surface area contributed by atoms with Gasteiger partial charge in [-0.2, -0.15) is 5.26 Å². The van der Waals surface area contributed by atoms with Crippen molar-refractivity contribution in [1.82, 2.24) is 4.98 Å². The predicted octanol–water partition coefficient (Wildman–Crippen LogP) is 4.15. The van der Waals surface area contributed by atoms with Gasteiger partial charge in [0.05, 0.1) is 5.02 Å². The second-order valence-electron chi connectivity index (χ2n) is 4.03. The first-order valence-electron chi connectivity index (χ1n) is 5.53.